The van der Waals surface area contributed by atoms with E-state index in [0.717, 1.165) is 44.0 Å². The van der Waals surface area contributed by atoms with Crippen molar-refractivity contribution in [3.63, 3.8) is 0 Å². The summed E-state index contributed by atoms with van der Waals surface area (Å²) in [5.41, 5.74) is 4.16. The van der Waals surface area contributed by atoms with Crippen LogP contribution in [0.25, 0.3) is 0 Å². The molecule has 0 saturated heterocycles. The average Bonchev–Trinajstić information content (AvgIpc) is 3.02. The second kappa shape index (κ2) is 7.69. The van der Waals surface area contributed by atoms with E-state index >= 15 is 0 Å². The highest BCUT2D eigenvalue weighted by Gasteiger charge is 2.06. The van der Waals surface area contributed by atoms with E-state index in [9.17, 15) is 0 Å². The molecule has 2 aromatic heterocycles. The fourth-order valence-electron chi connectivity index (χ4n) is 1.80. The van der Waals surface area contributed by atoms with E-state index in [1.165, 1.54) is 5.01 Å². The van der Waals surface area contributed by atoms with Crippen molar-refractivity contribution in [1.29, 1.82) is 0 Å². The molecule has 2 rings (SSSR count). The summed E-state index contributed by atoms with van der Waals surface area (Å²) in [6.45, 7) is 5.87. The number of rotatable bonds is 8. The van der Waals surface area contributed by atoms with Crippen LogP contribution in [0.3, 0.4) is 0 Å². The number of hydrogen-bond donors (Lipinski definition) is 1. The molecule has 2 heterocycles. The van der Waals surface area contributed by atoms with Crippen molar-refractivity contribution >= 4 is 22.7 Å². The minimum absolute atomic E-state index is 0.877. The van der Waals surface area contributed by atoms with E-state index in [1.807, 2.05) is 5.51 Å². The Morgan fingerprint density at radius 2 is 2.11 bits per heavy atom. The van der Waals surface area contributed by atoms with Gasteiger partial charge in [0.25, 0.3) is 0 Å². The van der Waals surface area contributed by atoms with Gasteiger partial charge in [-0.15, -0.1) is 22.7 Å². The maximum atomic E-state index is 4.65. The van der Waals surface area contributed by atoms with Gasteiger partial charge in [0.1, 0.15) is 5.01 Å². The van der Waals surface area contributed by atoms with Crippen molar-refractivity contribution in [2.45, 2.75) is 33.0 Å². The van der Waals surface area contributed by atoms with Crippen LogP contribution >= 0.6 is 22.7 Å². The van der Waals surface area contributed by atoms with Crippen LogP contribution < -0.4 is 5.32 Å². The lowest BCUT2D eigenvalue weighted by Crippen LogP contribution is -2.18. The van der Waals surface area contributed by atoms with Crippen LogP contribution in [0.4, 0.5) is 0 Å². The third-order valence-electron chi connectivity index (χ3n) is 2.65. The lowest BCUT2D eigenvalue weighted by molar-refractivity contribution is 0.312. The standard InChI is InChI=1S/C13H20N4S2/c1-3-4-14-5-13-16-12(9-19-13)7-17(2)6-11-8-18-10-15-11/h8-10,14H,3-7H2,1-2H3. The Hall–Kier alpha value is -0.820. The van der Waals surface area contributed by atoms with E-state index in [0.29, 0.717) is 0 Å². The first-order valence-electron chi connectivity index (χ1n) is 6.47. The van der Waals surface area contributed by atoms with Gasteiger partial charge in [-0.2, -0.15) is 0 Å². The highest BCUT2D eigenvalue weighted by molar-refractivity contribution is 7.09. The molecule has 0 radical (unpaired) electrons. The van der Waals surface area contributed by atoms with Gasteiger partial charge in [-0.25, -0.2) is 9.97 Å². The van der Waals surface area contributed by atoms with Gasteiger partial charge in [-0.1, -0.05) is 6.92 Å². The van der Waals surface area contributed by atoms with Crippen LogP contribution in [0.15, 0.2) is 16.3 Å². The molecule has 0 aliphatic carbocycles. The molecule has 0 saturated carbocycles. The number of nitrogens with zero attached hydrogens (tertiary/aromatic N) is 3. The molecular weight excluding hydrogens is 276 g/mol. The first-order valence-corrected chi connectivity index (χ1v) is 8.29. The van der Waals surface area contributed by atoms with Gasteiger partial charge in [0, 0.05) is 30.4 Å². The molecule has 0 spiro atoms. The highest BCUT2D eigenvalue weighted by Crippen LogP contribution is 2.12. The van der Waals surface area contributed by atoms with Crippen molar-refractivity contribution in [2.24, 2.45) is 0 Å². The van der Waals surface area contributed by atoms with Crippen molar-refractivity contribution in [3.8, 4) is 0 Å². The second-order valence-corrected chi connectivity index (χ2v) is 6.22. The molecular formula is C13H20N4S2. The fourth-order valence-corrected chi connectivity index (χ4v) is 3.10. The normalized spacial score (nSPS) is 11.3. The zero-order chi connectivity index (χ0) is 13.5. The van der Waals surface area contributed by atoms with Gasteiger partial charge >= 0.3 is 0 Å². The number of hydrogen-bond acceptors (Lipinski definition) is 6. The lowest BCUT2D eigenvalue weighted by atomic mass is 10.4. The SMILES string of the molecule is CCCNCc1nc(CN(C)Cc2cscn2)cs1. The predicted octanol–water partition coefficient (Wildman–Crippen LogP) is 2.73. The molecule has 0 amide bonds. The molecule has 0 aliphatic rings. The highest BCUT2D eigenvalue weighted by atomic mass is 32.1. The summed E-state index contributed by atoms with van der Waals surface area (Å²) in [5, 5.41) is 8.80. The largest absolute Gasteiger partial charge is 0.310 e. The first-order chi connectivity index (χ1) is 9.28. The number of nitrogens with one attached hydrogen (secondary N) is 1. The summed E-state index contributed by atoms with van der Waals surface area (Å²) in [5.74, 6) is 0. The number of thiazole rings is 2. The molecule has 0 aromatic carbocycles. The molecule has 2 aromatic rings. The van der Waals surface area contributed by atoms with E-state index in [4.69, 9.17) is 0 Å². The Bertz CT molecular complexity index is 467. The zero-order valence-electron chi connectivity index (χ0n) is 11.4. The second-order valence-electron chi connectivity index (χ2n) is 4.56. The van der Waals surface area contributed by atoms with Gasteiger partial charge in [0.05, 0.1) is 16.9 Å². The molecule has 0 unspecified atom stereocenters. The van der Waals surface area contributed by atoms with Crippen molar-refractivity contribution in [3.05, 3.63) is 32.7 Å². The third kappa shape index (κ3) is 4.99. The third-order valence-corrected chi connectivity index (χ3v) is 4.18. The van der Waals surface area contributed by atoms with Crippen molar-refractivity contribution in [2.75, 3.05) is 13.6 Å². The van der Waals surface area contributed by atoms with E-state index in [1.54, 1.807) is 22.7 Å². The topological polar surface area (TPSA) is 41.1 Å². The summed E-state index contributed by atoms with van der Waals surface area (Å²) in [7, 11) is 2.10. The maximum Gasteiger partial charge on any atom is 0.107 e. The van der Waals surface area contributed by atoms with Gasteiger partial charge in [-0.3, -0.25) is 4.90 Å². The lowest BCUT2D eigenvalue weighted by Gasteiger charge is -2.13. The molecule has 0 bridgehead atoms. The van der Waals surface area contributed by atoms with Crippen LogP contribution in [-0.4, -0.2) is 28.5 Å². The van der Waals surface area contributed by atoms with Crippen molar-refractivity contribution in [1.82, 2.24) is 20.2 Å². The zero-order valence-corrected chi connectivity index (χ0v) is 13.1. The van der Waals surface area contributed by atoms with Gasteiger partial charge < -0.3 is 5.32 Å². The molecule has 19 heavy (non-hydrogen) atoms. The summed E-state index contributed by atoms with van der Waals surface area (Å²) in [6.07, 6.45) is 1.16. The van der Waals surface area contributed by atoms with E-state index in [-0.39, 0.29) is 0 Å². The van der Waals surface area contributed by atoms with Gasteiger partial charge in [0.15, 0.2) is 0 Å². The minimum atomic E-state index is 0.877. The van der Waals surface area contributed by atoms with Gasteiger partial charge in [-0.05, 0) is 20.0 Å². The molecule has 0 atom stereocenters. The van der Waals surface area contributed by atoms with Crippen molar-refractivity contribution < 1.29 is 0 Å². The fraction of sp³-hybridized carbons (Fsp3) is 0.538. The van der Waals surface area contributed by atoms with Crippen LogP contribution in [0.2, 0.25) is 0 Å². The Morgan fingerprint density at radius 3 is 2.84 bits per heavy atom. The summed E-state index contributed by atoms with van der Waals surface area (Å²) in [4.78, 5) is 11.2. The van der Waals surface area contributed by atoms with E-state index < -0.39 is 0 Å². The van der Waals surface area contributed by atoms with Gasteiger partial charge in [0.2, 0.25) is 0 Å². The average molecular weight is 296 g/mol. The quantitative estimate of drug-likeness (QED) is 0.761. The molecule has 1 N–H and O–H groups in total. The predicted molar refractivity (Wildman–Crippen MR) is 81.4 cm³/mol. The van der Waals surface area contributed by atoms with Crippen LogP contribution in [0.5, 0.6) is 0 Å². The van der Waals surface area contributed by atoms with E-state index in [2.05, 4.69) is 44.9 Å². The Balaban J connectivity index is 1.78. The van der Waals surface area contributed by atoms with Crippen LogP contribution in [0.1, 0.15) is 29.7 Å². The molecule has 6 heteroatoms. The molecule has 0 aliphatic heterocycles. The van der Waals surface area contributed by atoms with Crippen LogP contribution in [-0.2, 0) is 19.6 Å². The summed E-state index contributed by atoms with van der Waals surface area (Å²) in [6, 6.07) is 0. The van der Waals surface area contributed by atoms with Crippen LogP contribution in [0, 0.1) is 0 Å². The monoisotopic (exact) mass is 296 g/mol. The molecule has 104 valence electrons. The smallest absolute Gasteiger partial charge is 0.107 e. The molecule has 4 nitrogen and oxygen atoms in total. The summed E-state index contributed by atoms with van der Waals surface area (Å²) >= 11 is 3.38. The molecule has 0 fully saturated rings. The maximum absolute atomic E-state index is 4.65. The Morgan fingerprint density at radius 1 is 1.26 bits per heavy atom. The Kier molecular flexibility index (Phi) is 5.91. The Labute approximate surface area is 122 Å². The minimum Gasteiger partial charge on any atom is -0.310 e. The first kappa shape index (κ1) is 14.6. The number of aromatic nitrogens is 2. The summed E-state index contributed by atoms with van der Waals surface area (Å²) < 4.78 is 0.